The maximum Gasteiger partial charge on any atom is 0.129 e. The molecular formula is C15H18ClFN2O. The van der Waals surface area contributed by atoms with E-state index in [2.05, 4.69) is 0 Å². The quantitative estimate of drug-likeness (QED) is 0.918. The van der Waals surface area contributed by atoms with Gasteiger partial charge in [0.05, 0.1) is 6.26 Å². The molecule has 2 rings (SSSR count). The molecule has 0 amide bonds. The number of aryl methyl sites for hydroxylation is 1. The van der Waals surface area contributed by atoms with E-state index < -0.39 is 0 Å². The van der Waals surface area contributed by atoms with Crippen molar-refractivity contribution in [2.24, 2.45) is 5.73 Å². The van der Waals surface area contributed by atoms with Crippen LogP contribution in [-0.2, 0) is 6.54 Å². The lowest BCUT2D eigenvalue weighted by atomic mass is 10.0. The molecule has 1 aromatic heterocycles. The topological polar surface area (TPSA) is 42.4 Å². The zero-order chi connectivity index (χ0) is 14.7. The molecule has 0 spiro atoms. The van der Waals surface area contributed by atoms with Gasteiger partial charge in [0, 0.05) is 35.3 Å². The van der Waals surface area contributed by atoms with Crippen LogP contribution >= 0.6 is 11.6 Å². The number of nitrogens with two attached hydrogens (primary N) is 1. The van der Waals surface area contributed by atoms with E-state index in [0.717, 1.165) is 11.3 Å². The summed E-state index contributed by atoms with van der Waals surface area (Å²) in [6.45, 7) is 2.88. The van der Waals surface area contributed by atoms with E-state index in [1.165, 1.54) is 6.07 Å². The summed E-state index contributed by atoms with van der Waals surface area (Å²) in [6.07, 6.45) is 1.65. The van der Waals surface area contributed by atoms with Gasteiger partial charge in [-0.3, -0.25) is 4.90 Å². The zero-order valence-corrected chi connectivity index (χ0v) is 12.3. The minimum atomic E-state index is -0.330. The Morgan fingerprint density at radius 2 is 2.15 bits per heavy atom. The summed E-state index contributed by atoms with van der Waals surface area (Å²) in [6, 6.07) is 6.39. The van der Waals surface area contributed by atoms with Crippen LogP contribution in [-0.4, -0.2) is 18.5 Å². The number of hydrogen-bond acceptors (Lipinski definition) is 3. The van der Waals surface area contributed by atoms with Gasteiger partial charge in [-0.2, -0.15) is 0 Å². The van der Waals surface area contributed by atoms with Gasteiger partial charge in [0.2, 0.25) is 0 Å². The molecule has 5 heteroatoms. The highest BCUT2D eigenvalue weighted by molar-refractivity contribution is 6.30. The summed E-state index contributed by atoms with van der Waals surface area (Å²) < 4.78 is 19.3. The van der Waals surface area contributed by atoms with E-state index in [4.69, 9.17) is 21.8 Å². The van der Waals surface area contributed by atoms with Crippen LogP contribution in [0.25, 0.3) is 0 Å². The third-order valence-electron chi connectivity index (χ3n) is 3.46. The minimum absolute atomic E-state index is 0.207. The van der Waals surface area contributed by atoms with Crippen LogP contribution in [0.3, 0.4) is 0 Å². The molecule has 0 aliphatic heterocycles. The smallest absolute Gasteiger partial charge is 0.129 e. The van der Waals surface area contributed by atoms with Crippen molar-refractivity contribution >= 4 is 11.6 Å². The highest BCUT2D eigenvalue weighted by atomic mass is 35.5. The minimum Gasteiger partial charge on any atom is -0.469 e. The summed E-state index contributed by atoms with van der Waals surface area (Å²) in [4.78, 5) is 2.00. The highest BCUT2D eigenvalue weighted by Crippen LogP contribution is 2.26. The first-order chi connectivity index (χ1) is 9.52. The fourth-order valence-corrected chi connectivity index (χ4v) is 2.43. The fraction of sp³-hybridized carbons (Fsp3) is 0.333. The Balaban J connectivity index is 2.21. The fourth-order valence-electron chi connectivity index (χ4n) is 2.27. The van der Waals surface area contributed by atoms with E-state index in [1.54, 1.807) is 18.4 Å². The van der Waals surface area contributed by atoms with Crippen LogP contribution in [0.5, 0.6) is 0 Å². The van der Waals surface area contributed by atoms with Crippen molar-refractivity contribution in [1.29, 1.82) is 0 Å². The summed E-state index contributed by atoms with van der Waals surface area (Å²) in [5.74, 6) is 0.535. The first-order valence-electron chi connectivity index (χ1n) is 6.41. The molecule has 3 nitrogen and oxygen atoms in total. The van der Waals surface area contributed by atoms with Crippen LogP contribution in [0, 0.1) is 12.7 Å². The van der Waals surface area contributed by atoms with Gasteiger partial charge in [0.25, 0.3) is 0 Å². The molecule has 108 valence electrons. The van der Waals surface area contributed by atoms with E-state index in [0.29, 0.717) is 23.7 Å². The highest BCUT2D eigenvalue weighted by Gasteiger charge is 2.20. The maximum absolute atomic E-state index is 14.0. The van der Waals surface area contributed by atoms with E-state index >= 15 is 0 Å². The second-order valence-corrected chi connectivity index (χ2v) is 5.27. The third kappa shape index (κ3) is 3.20. The Morgan fingerprint density at radius 3 is 2.70 bits per heavy atom. The van der Waals surface area contributed by atoms with Crippen molar-refractivity contribution in [3.8, 4) is 0 Å². The predicted molar refractivity (Wildman–Crippen MR) is 78.1 cm³/mol. The molecule has 1 unspecified atom stereocenters. The van der Waals surface area contributed by atoms with Crippen molar-refractivity contribution in [2.45, 2.75) is 19.5 Å². The first kappa shape index (κ1) is 15.0. The van der Waals surface area contributed by atoms with E-state index in [9.17, 15) is 4.39 Å². The molecule has 1 atom stereocenters. The van der Waals surface area contributed by atoms with Gasteiger partial charge in [0.1, 0.15) is 11.6 Å². The second kappa shape index (κ2) is 6.39. The lowest BCUT2D eigenvalue weighted by Gasteiger charge is -2.27. The molecule has 1 heterocycles. The van der Waals surface area contributed by atoms with Crippen LogP contribution in [0.1, 0.15) is 22.9 Å². The van der Waals surface area contributed by atoms with Crippen molar-refractivity contribution in [3.63, 3.8) is 0 Å². The lowest BCUT2D eigenvalue weighted by molar-refractivity contribution is 0.235. The largest absolute Gasteiger partial charge is 0.469 e. The molecule has 0 radical (unpaired) electrons. The van der Waals surface area contributed by atoms with Crippen molar-refractivity contribution in [2.75, 3.05) is 13.6 Å². The summed E-state index contributed by atoms with van der Waals surface area (Å²) in [5, 5.41) is 0.385. The molecule has 2 N–H and O–H groups in total. The normalized spacial score (nSPS) is 12.9. The Kier molecular flexibility index (Phi) is 4.81. The Labute approximate surface area is 123 Å². The lowest BCUT2D eigenvalue weighted by Crippen LogP contribution is -2.31. The molecule has 0 bridgehead atoms. The summed E-state index contributed by atoms with van der Waals surface area (Å²) in [5.41, 5.74) is 7.44. The van der Waals surface area contributed by atoms with E-state index in [1.807, 2.05) is 24.9 Å². The van der Waals surface area contributed by atoms with Crippen LogP contribution in [0.2, 0.25) is 5.02 Å². The van der Waals surface area contributed by atoms with Gasteiger partial charge in [-0.25, -0.2) is 4.39 Å². The number of nitrogens with zero attached hydrogens (tertiary/aromatic N) is 1. The average molecular weight is 297 g/mol. The molecular weight excluding hydrogens is 279 g/mol. The number of rotatable bonds is 5. The second-order valence-electron chi connectivity index (χ2n) is 4.83. The average Bonchev–Trinajstić information content (AvgIpc) is 2.78. The molecule has 2 aromatic rings. The van der Waals surface area contributed by atoms with Crippen molar-refractivity contribution in [3.05, 3.63) is 58.3 Å². The van der Waals surface area contributed by atoms with Gasteiger partial charge in [-0.15, -0.1) is 0 Å². The molecule has 0 fully saturated rings. The standard InChI is InChI=1S/C15H18ClFN2O/c1-10-11(5-6-20-10)9-19(2)15(8-18)13-4-3-12(16)7-14(13)17/h3-7,15H,8-9,18H2,1-2H3. The van der Waals surface area contributed by atoms with Gasteiger partial charge >= 0.3 is 0 Å². The Morgan fingerprint density at radius 1 is 1.40 bits per heavy atom. The molecule has 0 saturated heterocycles. The Bertz CT molecular complexity index is 585. The number of halogens is 2. The monoisotopic (exact) mass is 296 g/mol. The van der Waals surface area contributed by atoms with Crippen molar-refractivity contribution in [1.82, 2.24) is 4.90 Å². The molecule has 20 heavy (non-hydrogen) atoms. The predicted octanol–water partition coefficient (Wildman–Crippen LogP) is 3.51. The Hall–Kier alpha value is -1.36. The molecule has 0 aliphatic carbocycles. The molecule has 1 aromatic carbocycles. The van der Waals surface area contributed by atoms with Crippen LogP contribution in [0.15, 0.2) is 34.9 Å². The zero-order valence-electron chi connectivity index (χ0n) is 11.6. The third-order valence-corrected chi connectivity index (χ3v) is 3.70. The molecule has 0 saturated carbocycles. The first-order valence-corrected chi connectivity index (χ1v) is 6.79. The van der Waals surface area contributed by atoms with Gasteiger partial charge in [-0.1, -0.05) is 17.7 Å². The maximum atomic E-state index is 14.0. The van der Waals surface area contributed by atoms with Crippen LogP contribution in [0.4, 0.5) is 4.39 Å². The summed E-state index contributed by atoms with van der Waals surface area (Å²) in [7, 11) is 1.91. The van der Waals surface area contributed by atoms with E-state index in [-0.39, 0.29) is 11.9 Å². The number of hydrogen-bond donors (Lipinski definition) is 1. The number of benzene rings is 1. The van der Waals surface area contributed by atoms with Gasteiger partial charge in [0.15, 0.2) is 0 Å². The molecule has 0 aliphatic rings. The number of likely N-dealkylation sites (N-methyl/N-ethyl adjacent to an activating group) is 1. The van der Waals surface area contributed by atoms with Gasteiger partial charge < -0.3 is 10.2 Å². The van der Waals surface area contributed by atoms with Gasteiger partial charge in [-0.05, 0) is 32.2 Å². The van der Waals surface area contributed by atoms with Crippen LogP contribution < -0.4 is 5.73 Å². The van der Waals surface area contributed by atoms with Crippen molar-refractivity contribution < 1.29 is 8.81 Å². The number of furan rings is 1. The SMILES string of the molecule is Cc1occc1CN(C)C(CN)c1ccc(Cl)cc1F. The summed E-state index contributed by atoms with van der Waals surface area (Å²) >= 11 is 5.78.